The van der Waals surface area contributed by atoms with Gasteiger partial charge in [0.15, 0.2) is 0 Å². The standard InChI is InChI=1S/C9H7IO/c1-6-5-11-9-4-7(10)2-3-8(6)9/h2-5H,1H3. The lowest BCUT2D eigenvalue weighted by atomic mass is 10.2. The highest BCUT2D eigenvalue weighted by Crippen LogP contribution is 2.21. The molecule has 0 aliphatic rings. The van der Waals surface area contributed by atoms with Crippen LogP contribution in [-0.4, -0.2) is 0 Å². The number of furan rings is 1. The third-order valence-electron chi connectivity index (χ3n) is 1.73. The van der Waals surface area contributed by atoms with Crippen LogP contribution >= 0.6 is 22.6 Å². The van der Waals surface area contributed by atoms with E-state index >= 15 is 0 Å². The maximum atomic E-state index is 5.32. The van der Waals surface area contributed by atoms with Crippen LogP contribution in [0.3, 0.4) is 0 Å². The molecule has 11 heavy (non-hydrogen) atoms. The molecule has 0 unspecified atom stereocenters. The zero-order chi connectivity index (χ0) is 7.84. The fraction of sp³-hybridized carbons (Fsp3) is 0.111. The number of rotatable bonds is 0. The molecule has 1 heterocycles. The maximum absolute atomic E-state index is 5.32. The molecule has 2 heteroatoms. The van der Waals surface area contributed by atoms with Crippen LogP contribution in [0.5, 0.6) is 0 Å². The largest absolute Gasteiger partial charge is 0.464 e. The molecule has 0 saturated carbocycles. The van der Waals surface area contributed by atoms with E-state index in [2.05, 4.69) is 41.6 Å². The molecule has 0 atom stereocenters. The van der Waals surface area contributed by atoms with Crippen LogP contribution in [0.1, 0.15) is 5.56 Å². The Labute approximate surface area is 78.5 Å². The van der Waals surface area contributed by atoms with E-state index in [0.29, 0.717) is 0 Å². The van der Waals surface area contributed by atoms with Crippen LogP contribution < -0.4 is 0 Å². The first-order chi connectivity index (χ1) is 5.27. The number of hydrogen-bond donors (Lipinski definition) is 0. The fourth-order valence-electron chi connectivity index (χ4n) is 1.13. The van der Waals surface area contributed by atoms with Crippen molar-refractivity contribution in [1.82, 2.24) is 0 Å². The van der Waals surface area contributed by atoms with Crippen LogP contribution in [0.4, 0.5) is 0 Å². The van der Waals surface area contributed by atoms with Crippen molar-refractivity contribution in [3.8, 4) is 0 Å². The van der Waals surface area contributed by atoms with Gasteiger partial charge in [-0.15, -0.1) is 0 Å². The zero-order valence-electron chi connectivity index (χ0n) is 6.10. The van der Waals surface area contributed by atoms with Crippen molar-refractivity contribution in [3.63, 3.8) is 0 Å². The molecule has 0 aliphatic carbocycles. The molecule has 56 valence electrons. The van der Waals surface area contributed by atoms with E-state index in [1.807, 2.05) is 6.07 Å². The highest BCUT2D eigenvalue weighted by Gasteiger charge is 2.00. The Hall–Kier alpha value is -0.510. The Morgan fingerprint density at radius 1 is 1.36 bits per heavy atom. The average Bonchev–Trinajstić information content (AvgIpc) is 2.32. The molecule has 0 amide bonds. The van der Waals surface area contributed by atoms with Crippen molar-refractivity contribution in [2.75, 3.05) is 0 Å². The Bertz CT molecular complexity index is 389. The molecule has 0 bridgehead atoms. The lowest BCUT2D eigenvalue weighted by Crippen LogP contribution is -1.69. The monoisotopic (exact) mass is 258 g/mol. The van der Waals surface area contributed by atoms with Crippen molar-refractivity contribution >= 4 is 33.6 Å². The van der Waals surface area contributed by atoms with Crippen LogP contribution in [-0.2, 0) is 0 Å². The van der Waals surface area contributed by atoms with Gasteiger partial charge in [-0.1, -0.05) is 0 Å². The van der Waals surface area contributed by atoms with Crippen molar-refractivity contribution in [1.29, 1.82) is 0 Å². The van der Waals surface area contributed by atoms with E-state index in [4.69, 9.17) is 4.42 Å². The van der Waals surface area contributed by atoms with Gasteiger partial charge in [0, 0.05) is 8.96 Å². The van der Waals surface area contributed by atoms with E-state index in [0.717, 1.165) is 5.58 Å². The van der Waals surface area contributed by atoms with E-state index in [9.17, 15) is 0 Å². The molecule has 1 aromatic carbocycles. The van der Waals surface area contributed by atoms with Gasteiger partial charge in [-0.25, -0.2) is 0 Å². The van der Waals surface area contributed by atoms with E-state index in [1.54, 1.807) is 6.26 Å². The van der Waals surface area contributed by atoms with E-state index in [-0.39, 0.29) is 0 Å². The molecule has 1 nitrogen and oxygen atoms in total. The second kappa shape index (κ2) is 2.52. The van der Waals surface area contributed by atoms with Gasteiger partial charge in [-0.3, -0.25) is 0 Å². The van der Waals surface area contributed by atoms with Crippen molar-refractivity contribution in [2.24, 2.45) is 0 Å². The number of aryl methyl sites for hydroxylation is 1. The summed E-state index contributed by atoms with van der Waals surface area (Å²) in [6.45, 7) is 2.05. The average molecular weight is 258 g/mol. The Morgan fingerprint density at radius 3 is 3.00 bits per heavy atom. The second-order valence-corrected chi connectivity index (χ2v) is 3.80. The Kier molecular flexibility index (Phi) is 1.64. The summed E-state index contributed by atoms with van der Waals surface area (Å²) in [4.78, 5) is 0. The predicted octanol–water partition coefficient (Wildman–Crippen LogP) is 3.35. The summed E-state index contributed by atoms with van der Waals surface area (Å²) in [5, 5.41) is 1.21. The summed E-state index contributed by atoms with van der Waals surface area (Å²) in [7, 11) is 0. The summed E-state index contributed by atoms with van der Waals surface area (Å²) in [5.41, 5.74) is 2.19. The molecule has 0 fully saturated rings. The topological polar surface area (TPSA) is 13.1 Å². The molecule has 2 aromatic rings. The van der Waals surface area contributed by atoms with E-state index in [1.165, 1.54) is 14.5 Å². The normalized spacial score (nSPS) is 10.7. The third kappa shape index (κ3) is 1.15. The summed E-state index contributed by atoms with van der Waals surface area (Å²) in [6.07, 6.45) is 1.79. The molecule has 1 aromatic heterocycles. The first-order valence-electron chi connectivity index (χ1n) is 3.41. The lowest BCUT2D eigenvalue weighted by Gasteiger charge is -1.89. The molecule has 2 rings (SSSR count). The smallest absolute Gasteiger partial charge is 0.135 e. The van der Waals surface area contributed by atoms with Gasteiger partial charge in [0.25, 0.3) is 0 Å². The lowest BCUT2D eigenvalue weighted by molar-refractivity contribution is 0.613. The van der Waals surface area contributed by atoms with Gasteiger partial charge < -0.3 is 4.42 Å². The van der Waals surface area contributed by atoms with Gasteiger partial charge in [0.2, 0.25) is 0 Å². The van der Waals surface area contributed by atoms with Gasteiger partial charge in [-0.2, -0.15) is 0 Å². The van der Waals surface area contributed by atoms with Gasteiger partial charge >= 0.3 is 0 Å². The minimum atomic E-state index is 0.981. The van der Waals surface area contributed by atoms with Crippen molar-refractivity contribution < 1.29 is 4.42 Å². The Morgan fingerprint density at radius 2 is 2.18 bits per heavy atom. The van der Waals surface area contributed by atoms with E-state index < -0.39 is 0 Å². The van der Waals surface area contributed by atoms with Crippen molar-refractivity contribution in [2.45, 2.75) is 6.92 Å². The van der Waals surface area contributed by atoms with Gasteiger partial charge in [-0.05, 0) is 53.3 Å². The molecular weight excluding hydrogens is 251 g/mol. The number of fused-ring (bicyclic) bond motifs is 1. The SMILES string of the molecule is Cc1coc2cc(I)ccc12. The van der Waals surface area contributed by atoms with Crippen LogP contribution in [0, 0.1) is 10.5 Å². The van der Waals surface area contributed by atoms with Crippen LogP contribution in [0.25, 0.3) is 11.0 Å². The molecule has 0 saturated heterocycles. The van der Waals surface area contributed by atoms with Gasteiger partial charge in [0.1, 0.15) is 5.58 Å². The first-order valence-corrected chi connectivity index (χ1v) is 4.48. The maximum Gasteiger partial charge on any atom is 0.135 e. The highest BCUT2D eigenvalue weighted by atomic mass is 127. The molecule has 0 radical (unpaired) electrons. The van der Waals surface area contributed by atoms with Crippen LogP contribution in [0.15, 0.2) is 28.9 Å². The summed E-state index contributed by atoms with van der Waals surface area (Å²) in [5.74, 6) is 0. The molecule has 0 spiro atoms. The third-order valence-corrected chi connectivity index (χ3v) is 2.40. The van der Waals surface area contributed by atoms with Crippen molar-refractivity contribution in [3.05, 3.63) is 33.6 Å². The number of hydrogen-bond acceptors (Lipinski definition) is 1. The zero-order valence-corrected chi connectivity index (χ0v) is 8.25. The summed E-state index contributed by atoms with van der Waals surface area (Å²) in [6, 6.07) is 6.23. The first kappa shape index (κ1) is 7.16. The Balaban J connectivity index is 2.86. The minimum Gasteiger partial charge on any atom is -0.464 e. The summed E-state index contributed by atoms with van der Waals surface area (Å²) < 4.78 is 6.54. The number of benzene rings is 1. The highest BCUT2D eigenvalue weighted by molar-refractivity contribution is 14.1. The minimum absolute atomic E-state index is 0.981. The fourth-order valence-corrected chi connectivity index (χ4v) is 1.60. The second-order valence-electron chi connectivity index (χ2n) is 2.56. The van der Waals surface area contributed by atoms with Gasteiger partial charge in [0.05, 0.1) is 6.26 Å². The quantitative estimate of drug-likeness (QED) is 0.660. The predicted molar refractivity (Wildman–Crippen MR) is 53.7 cm³/mol. The van der Waals surface area contributed by atoms with Crippen LogP contribution in [0.2, 0.25) is 0 Å². The number of halogens is 1. The molecular formula is C9H7IO. The summed E-state index contributed by atoms with van der Waals surface area (Å²) >= 11 is 2.28. The molecule has 0 aliphatic heterocycles. The molecule has 0 N–H and O–H groups in total.